The van der Waals surface area contributed by atoms with E-state index in [2.05, 4.69) is 34.3 Å². The maximum Gasteiger partial charge on any atom is 0.305 e. The Morgan fingerprint density at radius 3 is 2.77 bits per heavy atom. The van der Waals surface area contributed by atoms with Crippen LogP contribution >= 0.6 is 22.6 Å². The quantitative estimate of drug-likeness (QED) is 0.166. The molecule has 0 amide bonds. The van der Waals surface area contributed by atoms with Gasteiger partial charge >= 0.3 is 5.97 Å². The monoisotopic (exact) mass is 542 g/mol. The second-order valence-electron chi connectivity index (χ2n) is 9.15. The molecule has 1 saturated carbocycles. The van der Waals surface area contributed by atoms with Crippen LogP contribution in [-0.4, -0.2) is 52.3 Å². The number of carbonyl (C=O) groups excluding carboxylic acids is 1. The van der Waals surface area contributed by atoms with Crippen LogP contribution in [0.5, 0.6) is 0 Å². The van der Waals surface area contributed by atoms with Crippen LogP contribution in [0.25, 0.3) is 0 Å². The molecule has 1 aliphatic carbocycles. The van der Waals surface area contributed by atoms with Crippen LogP contribution in [0.1, 0.15) is 65.7 Å². The second-order valence-corrected chi connectivity index (χ2v) is 10.7. The van der Waals surface area contributed by atoms with Gasteiger partial charge in [-0.15, -0.1) is 0 Å². The number of aliphatic hydroxyl groups excluding tert-OH is 1. The molecule has 1 saturated heterocycles. The molecule has 0 radical (unpaired) electrons. The summed E-state index contributed by atoms with van der Waals surface area (Å²) >= 11 is 2.22. The zero-order valence-electron chi connectivity index (χ0n) is 18.5. The number of alkyl halides is 3. The third-order valence-corrected chi connectivity index (χ3v) is 8.08. The molecule has 30 heavy (non-hydrogen) atoms. The number of aliphatic hydroxyl groups is 1. The van der Waals surface area contributed by atoms with Crippen LogP contribution in [0.3, 0.4) is 0 Å². The fourth-order valence-electron chi connectivity index (χ4n) is 4.78. The normalized spacial score (nSPS) is 35.2. The molecule has 7 heteroatoms. The first kappa shape index (κ1) is 26.0. The average molecular weight is 542 g/mol. The minimum Gasteiger partial charge on any atom is -0.469 e. The van der Waals surface area contributed by atoms with Gasteiger partial charge in [-0.05, 0) is 44.4 Å². The molecule has 2 rings (SSSR count). The molecule has 4 nitrogen and oxygen atoms in total. The highest BCUT2D eigenvalue weighted by Crippen LogP contribution is 2.50. The highest BCUT2D eigenvalue weighted by Gasteiger charge is 2.55. The van der Waals surface area contributed by atoms with Crippen molar-refractivity contribution in [2.75, 3.05) is 7.11 Å². The summed E-state index contributed by atoms with van der Waals surface area (Å²) in [5.74, 6) is -0.384. The van der Waals surface area contributed by atoms with Crippen LogP contribution in [0.15, 0.2) is 12.2 Å². The fraction of sp³-hybridized carbons (Fsp3) is 0.870. The largest absolute Gasteiger partial charge is 0.469 e. The van der Waals surface area contributed by atoms with Gasteiger partial charge in [0.05, 0.1) is 13.2 Å². The van der Waals surface area contributed by atoms with E-state index in [0.29, 0.717) is 25.7 Å². The molecule has 1 N–H and O–H groups in total. The molecule has 0 aromatic carbocycles. The van der Waals surface area contributed by atoms with Gasteiger partial charge < -0.3 is 14.6 Å². The van der Waals surface area contributed by atoms with E-state index in [1.807, 2.05) is 13.0 Å². The maximum atomic E-state index is 15.4. The summed E-state index contributed by atoms with van der Waals surface area (Å²) in [7, 11) is 1.36. The van der Waals surface area contributed by atoms with Gasteiger partial charge in [-0.3, -0.25) is 4.79 Å². The van der Waals surface area contributed by atoms with E-state index >= 15 is 4.39 Å². The Kier molecular flexibility index (Phi) is 10.00. The van der Waals surface area contributed by atoms with Crippen molar-refractivity contribution in [1.82, 2.24) is 0 Å². The molecule has 0 aromatic rings. The lowest BCUT2D eigenvalue weighted by molar-refractivity contribution is -0.140. The van der Waals surface area contributed by atoms with Gasteiger partial charge in [0.2, 0.25) is 0 Å². The summed E-state index contributed by atoms with van der Waals surface area (Å²) in [6.45, 7) is 5.49. The molecular formula is C23H37F2IO4. The van der Waals surface area contributed by atoms with Gasteiger partial charge in [0.25, 0.3) is 0 Å². The minimum atomic E-state index is -1.68. The number of methoxy groups -OCH3 is 1. The smallest absolute Gasteiger partial charge is 0.305 e. The Balaban J connectivity index is 1.97. The summed E-state index contributed by atoms with van der Waals surface area (Å²) < 4.78 is 40.9. The summed E-state index contributed by atoms with van der Waals surface area (Å²) in [6.07, 6.45) is 4.71. The highest BCUT2D eigenvalue weighted by atomic mass is 127. The van der Waals surface area contributed by atoms with Gasteiger partial charge in [0.15, 0.2) is 0 Å². The number of rotatable bonds is 11. The minimum absolute atomic E-state index is 0.0263. The van der Waals surface area contributed by atoms with Gasteiger partial charge in [-0.1, -0.05) is 61.4 Å². The average Bonchev–Trinajstić information content (AvgIpc) is 3.19. The lowest BCUT2D eigenvalue weighted by Gasteiger charge is -2.26. The summed E-state index contributed by atoms with van der Waals surface area (Å²) in [6, 6.07) is 0. The van der Waals surface area contributed by atoms with Gasteiger partial charge in [-0.2, -0.15) is 0 Å². The summed E-state index contributed by atoms with van der Waals surface area (Å²) in [4.78, 5) is 11.3. The van der Waals surface area contributed by atoms with Crippen molar-refractivity contribution < 1.29 is 28.2 Å². The topological polar surface area (TPSA) is 55.8 Å². The standard InChI is InChI=1S/C23H37F2IO4/c1-5-6-12-23(3,25)18(27)11-10-15-14(2)13-17-20(15)21(24)22(30-17)16(26)8-7-9-19(28)29-4/h10-11,14-18,20-22,27H,5-9,12-13H2,1-4H3/b11-10+/t14-,15+,16?,17+,18-,20-,21?,22?,23?/m1/s1. The maximum absolute atomic E-state index is 15.4. The Labute approximate surface area is 193 Å². The number of allylic oxidation sites excluding steroid dienone is 1. The van der Waals surface area contributed by atoms with E-state index in [0.717, 1.165) is 19.3 Å². The molecule has 9 atom stereocenters. The van der Waals surface area contributed by atoms with Crippen LogP contribution in [-0.2, 0) is 14.3 Å². The van der Waals surface area contributed by atoms with Gasteiger partial charge in [0, 0.05) is 16.3 Å². The highest BCUT2D eigenvalue weighted by molar-refractivity contribution is 14.1. The van der Waals surface area contributed by atoms with Gasteiger partial charge in [-0.25, -0.2) is 8.78 Å². The molecule has 4 unspecified atom stereocenters. The first-order valence-corrected chi connectivity index (χ1v) is 12.4. The fourth-order valence-corrected chi connectivity index (χ4v) is 5.79. The molecule has 2 aliphatic rings. The Hall–Kier alpha value is -0.280. The van der Waals surface area contributed by atoms with Crippen molar-refractivity contribution in [1.29, 1.82) is 0 Å². The number of ether oxygens (including phenoxy) is 2. The number of halogens is 3. The van der Waals surface area contributed by atoms with Crippen molar-refractivity contribution >= 4 is 28.6 Å². The van der Waals surface area contributed by atoms with E-state index in [-0.39, 0.29) is 33.8 Å². The van der Waals surface area contributed by atoms with Crippen molar-refractivity contribution in [3.05, 3.63) is 12.2 Å². The van der Waals surface area contributed by atoms with Crippen LogP contribution in [0.4, 0.5) is 8.78 Å². The first-order valence-electron chi connectivity index (χ1n) is 11.2. The summed E-state index contributed by atoms with van der Waals surface area (Å²) in [5, 5.41) is 10.3. The Morgan fingerprint density at radius 1 is 1.43 bits per heavy atom. The van der Waals surface area contributed by atoms with Crippen molar-refractivity contribution in [3.8, 4) is 0 Å². The molecule has 0 bridgehead atoms. The Morgan fingerprint density at radius 2 is 2.13 bits per heavy atom. The molecule has 0 aromatic heterocycles. The number of hydrogen-bond acceptors (Lipinski definition) is 4. The zero-order valence-corrected chi connectivity index (χ0v) is 20.7. The SMILES string of the molecule is CCCCC(C)(F)[C@H](O)/C=C/[C@@H]1[C@H]2C(F)C(C(I)CCCC(=O)OC)O[C@H]2C[C@H]1C. The first-order chi connectivity index (χ1) is 14.1. The lowest BCUT2D eigenvalue weighted by Crippen LogP contribution is -2.34. The summed E-state index contributed by atoms with van der Waals surface area (Å²) in [5.41, 5.74) is -1.68. The van der Waals surface area contributed by atoms with E-state index in [1.165, 1.54) is 20.1 Å². The number of carbonyl (C=O) groups is 1. The predicted octanol–water partition coefficient (Wildman–Crippen LogP) is 5.35. The van der Waals surface area contributed by atoms with E-state index in [1.54, 1.807) is 0 Å². The van der Waals surface area contributed by atoms with Crippen molar-refractivity contribution in [3.63, 3.8) is 0 Å². The van der Waals surface area contributed by atoms with Crippen LogP contribution in [0.2, 0.25) is 0 Å². The van der Waals surface area contributed by atoms with Crippen LogP contribution < -0.4 is 0 Å². The zero-order chi connectivity index (χ0) is 22.5. The van der Waals surface area contributed by atoms with E-state index in [9.17, 15) is 14.3 Å². The van der Waals surface area contributed by atoms with Gasteiger partial charge in [0.1, 0.15) is 24.0 Å². The molecule has 1 heterocycles. The molecule has 2 fully saturated rings. The third-order valence-electron chi connectivity index (χ3n) is 6.74. The van der Waals surface area contributed by atoms with E-state index in [4.69, 9.17) is 4.74 Å². The predicted molar refractivity (Wildman–Crippen MR) is 122 cm³/mol. The third kappa shape index (κ3) is 6.37. The Bertz CT molecular complexity index is 586. The molecular weight excluding hydrogens is 505 g/mol. The number of esters is 1. The lowest BCUT2D eigenvalue weighted by atomic mass is 9.84. The molecule has 174 valence electrons. The van der Waals surface area contributed by atoms with Crippen molar-refractivity contribution in [2.45, 2.75) is 99.8 Å². The van der Waals surface area contributed by atoms with Crippen LogP contribution in [0, 0.1) is 17.8 Å². The molecule has 1 aliphatic heterocycles. The number of fused-ring (bicyclic) bond motifs is 1. The molecule has 0 spiro atoms. The second kappa shape index (κ2) is 11.5. The number of hydrogen-bond donors (Lipinski definition) is 1. The number of unbranched alkanes of at least 4 members (excludes halogenated alkanes) is 1. The van der Waals surface area contributed by atoms with Crippen molar-refractivity contribution in [2.24, 2.45) is 17.8 Å². The van der Waals surface area contributed by atoms with E-state index < -0.39 is 24.0 Å².